The third-order valence-corrected chi connectivity index (χ3v) is 6.50. The number of nitrogens with one attached hydrogen (secondary N) is 1. The summed E-state index contributed by atoms with van der Waals surface area (Å²) in [6, 6.07) is 5.95. The summed E-state index contributed by atoms with van der Waals surface area (Å²) in [7, 11) is -3.71. The van der Waals surface area contributed by atoms with Crippen LogP contribution in [-0.4, -0.2) is 41.4 Å². The normalized spacial score (nSPS) is 19.1. The van der Waals surface area contributed by atoms with Crippen molar-refractivity contribution in [2.24, 2.45) is 0 Å². The summed E-state index contributed by atoms with van der Waals surface area (Å²) in [4.78, 5) is 12.7. The van der Waals surface area contributed by atoms with Crippen LogP contribution in [0.15, 0.2) is 34.7 Å². The maximum Gasteiger partial charge on any atom is 0.244 e. The molecule has 1 aromatic heterocycles. The maximum absolute atomic E-state index is 12.9. The number of sulfonamides is 1. The standard InChI is InChI=1S/C15H18N4O3S2/c1-11-5-7-12(8-6-11)24(21,22)19-9-3-2-4-13(19)14(20)17-15-18-16-10-23-15/h5-8,10,13H,2-4,9H2,1H3,(H,17,18,20)/t13-/m1/s1. The summed E-state index contributed by atoms with van der Waals surface area (Å²) in [5.74, 6) is -0.359. The van der Waals surface area contributed by atoms with E-state index in [-0.39, 0.29) is 10.8 Å². The summed E-state index contributed by atoms with van der Waals surface area (Å²) >= 11 is 1.20. The van der Waals surface area contributed by atoms with Gasteiger partial charge in [-0.05, 0) is 31.9 Å². The molecule has 7 nitrogen and oxygen atoms in total. The van der Waals surface area contributed by atoms with Gasteiger partial charge in [0.05, 0.1) is 4.90 Å². The molecular weight excluding hydrogens is 348 g/mol. The molecule has 1 amide bonds. The molecule has 1 atom stereocenters. The number of anilines is 1. The van der Waals surface area contributed by atoms with Gasteiger partial charge < -0.3 is 0 Å². The van der Waals surface area contributed by atoms with Crippen LogP contribution in [0.3, 0.4) is 0 Å². The average molecular weight is 366 g/mol. The molecule has 1 aliphatic rings. The van der Waals surface area contributed by atoms with Gasteiger partial charge in [0.25, 0.3) is 0 Å². The van der Waals surface area contributed by atoms with Crippen LogP contribution < -0.4 is 5.32 Å². The van der Waals surface area contributed by atoms with Crippen molar-refractivity contribution in [3.63, 3.8) is 0 Å². The third-order valence-electron chi connectivity index (χ3n) is 3.97. The highest BCUT2D eigenvalue weighted by atomic mass is 32.2. The van der Waals surface area contributed by atoms with Gasteiger partial charge in [0.2, 0.25) is 21.1 Å². The molecule has 1 aromatic carbocycles. The van der Waals surface area contributed by atoms with Crippen LogP contribution in [0.5, 0.6) is 0 Å². The topological polar surface area (TPSA) is 92.3 Å². The van der Waals surface area contributed by atoms with Crippen molar-refractivity contribution in [2.75, 3.05) is 11.9 Å². The first-order valence-electron chi connectivity index (χ1n) is 7.64. The van der Waals surface area contributed by atoms with Gasteiger partial charge in [0.15, 0.2) is 0 Å². The predicted molar refractivity (Wildman–Crippen MR) is 91.2 cm³/mol. The van der Waals surface area contributed by atoms with E-state index < -0.39 is 16.1 Å². The highest BCUT2D eigenvalue weighted by Gasteiger charge is 2.37. The summed E-state index contributed by atoms with van der Waals surface area (Å²) in [6.45, 7) is 2.24. The molecule has 0 radical (unpaired) electrons. The second kappa shape index (κ2) is 6.96. The van der Waals surface area contributed by atoms with Crippen LogP contribution in [0.25, 0.3) is 0 Å². The molecule has 1 aliphatic heterocycles. The Hall–Kier alpha value is -1.84. The third kappa shape index (κ3) is 3.47. The smallest absolute Gasteiger partial charge is 0.244 e. The largest absolute Gasteiger partial charge is 0.299 e. The lowest BCUT2D eigenvalue weighted by Gasteiger charge is -2.33. The van der Waals surface area contributed by atoms with E-state index in [4.69, 9.17) is 0 Å². The molecule has 2 heterocycles. The van der Waals surface area contributed by atoms with Crippen molar-refractivity contribution in [1.82, 2.24) is 14.5 Å². The SMILES string of the molecule is Cc1ccc(S(=O)(=O)N2CCCC[C@@H]2C(=O)Nc2nncs2)cc1. The quantitative estimate of drug-likeness (QED) is 0.894. The first-order valence-corrected chi connectivity index (χ1v) is 9.96. The highest BCUT2D eigenvalue weighted by Crippen LogP contribution is 2.26. The first kappa shape index (κ1) is 17.0. The van der Waals surface area contributed by atoms with E-state index in [9.17, 15) is 13.2 Å². The van der Waals surface area contributed by atoms with Crippen LogP contribution in [0.2, 0.25) is 0 Å². The van der Waals surface area contributed by atoms with Crippen molar-refractivity contribution < 1.29 is 13.2 Å². The van der Waals surface area contributed by atoms with Crippen molar-refractivity contribution in [3.05, 3.63) is 35.3 Å². The molecular formula is C15H18N4O3S2. The molecule has 1 fully saturated rings. The van der Waals surface area contributed by atoms with Crippen molar-refractivity contribution in [2.45, 2.75) is 37.1 Å². The molecule has 2 aromatic rings. The van der Waals surface area contributed by atoms with Gasteiger partial charge in [-0.25, -0.2) is 8.42 Å². The van der Waals surface area contributed by atoms with Crippen LogP contribution in [-0.2, 0) is 14.8 Å². The molecule has 0 unspecified atom stereocenters. The monoisotopic (exact) mass is 366 g/mol. The lowest BCUT2D eigenvalue weighted by molar-refractivity contribution is -0.120. The van der Waals surface area contributed by atoms with Gasteiger partial charge in [-0.3, -0.25) is 10.1 Å². The number of nitrogens with zero attached hydrogens (tertiary/aromatic N) is 3. The fourth-order valence-electron chi connectivity index (χ4n) is 2.72. The fraction of sp³-hybridized carbons (Fsp3) is 0.400. The van der Waals surface area contributed by atoms with Gasteiger partial charge in [0.1, 0.15) is 11.6 Å². The number of carbonyl (C=O) groups is 1. The minimum atomic E-state index is -3.71. The summed E-state index contributed by atoms with van der Waals surface area (Å²) in [5.41, 5.74) is 2.50. The van der Waals surface area contributed by atoms with Crippen LogP contribution in [0, 0.1) is 6.92 Å². The summed E-state index contributed by atoms with van der Waals surface area (Å²) < 4.78 is 27.2. The number of hydrogen-bond donors (Lipinski definition) is 1. The number of rotatable bonds is 4. The summed E-state index contributed by atoms with van der Waals surface area (Å²) in [5, 5.41) is 10.5. The van der Waals surface area contributed by atoms with Gasteiger partial charge >= 0.3 is 0 Å². The van der Waals surface area contributed by atoms with Crippen LogP contribution in [0.4, 0.5) is 5.13 Å². The number of aromatic nitrogens is 2. The number of hydrogen-bond acceptors (Lipinski definition) is 6. The highest BCUT2D eigenvalue weighted by molar-refractivity contribution is 7.89. The Morgan fingerprint density at radius 1 is 1.29 bits per heavy atom. The molecule has 24 heavy (non-hydrogen) atoms. The number of piperidine rings is 1. The second-order valence-electron chi connectivity index (χ2n) is 5.67. The Kier molecular flexibility index (Phi) is 4.93. The van der Waals surface area contributed by atoms with E-state index in [2.05, 4.69) is 15.5 Å². The Morgan fingerprint density at radius 2 is 2.04 bits per heavy atom. The lowest BCUT2D eigenvalue weighted by atomic mass is 10.0. The Balaban J connectivity index is 1.85. The maximum atomic E-state index is 12.9. The fourth-order valence-corrected chi connectivity index (χ4v) is 4.82. The van der Waals surface area contributed by atoms with E-state index in [0.29, 0.717) is 18.1 Å². The number of aryl methyl sites for hydroxylation is 1. The van der Waals surface area contributed by atoms with Crippen molar-refractivity contribution in [3.8, 4) is 0 Å². The Bertz CT molecular complexity index is 804. The molecule has 3 rings (SSSR count). The molecule has 0 bridgehead atoms. The van der Waals surface area contributed by atoms with E-state index in [0.717, 1.165) is 18.4 Å². The minimum absolute atomic E-state index is 0.212. The van der Waals surface area contributed by atoms with E-state index in [1.165, 1.54) is 21.2 Å². The van der Waals surface area contributed by atoms with Crippen LogP contribution in [0.1, 0.15) is 24.8 Å². The summed E-state index contributed by atoms with van der Waals surface area (Å²) in [6.07, 6.45) is 2.05. The second-order valence-corrected chi connectivity index (χ2v) is 8.40. The number of carbonyl (C=O) groups excluding carboxylic acids is 1. The predicted octanol–water partition coefficient (Wildman–Crippen LogP) is 2.03. The van der Waals surface area contributed by atoms with Gasteiger partial charge in [0, 0.05) is 6.54 Å². The van der Waals surface area contributed by atoms with Crippen molar-refractivity contribution >= 4 is 32.4 Å². The minimum Gasteiger partial charge on any atom is -0.299 e. The van der Waals surface area contributed by atoms with Crippen molar-refractivity contribution in [1.29, 1.82) is 0 Å². The molecule has 9 heteroatoms. The molecule has 0 spiro atoms. The number of amides is 1. The van der Waals surface area contributed by atoms with Gasteiger partial charge in [-0.2, -0.15) is 4.31 Å². The van der Waals surface area contributed by atoms with E-state index >= 15 is 0 Å². The van der Waals surface area contributed by atoms with Crippen LogP contribution >= 0.6 is 11.3 Å². The Labute approximate surface area is 144 Å². The zero-order valence-electron chi connectivity index (χ0n) is 13.2. The molecule has 0 saturated carbocycles. The lowest BCUT2D eigenvalue weighted by Crippen LogP contribution is -2.49. The van der Waals surface area contributed by atoms with Gasteiger partial charge in [-0.15, -0.1) is 10.2 Å². The Morgan fingerprint density at radius 3 is 2.71 bits per heavy atom. The van der Waals surface area contributed by atoms with E-state index in [1.807, 2.05) is 6.92 Å². The van der Waals surface area contributed by atoms with Gasteiger partial charge in [-0.1, -0.05) is 35.5 Å². The average Bonchev–Trinajstić information content (AvgIpc) is 3.08. The zero-order valence-corrected chi connectivity index (χ0v) is 14.8. The molecule has 1 saturated heterocycles. The first-order chi connectivity index (χ1) is 11.5. The molecule has 1 N–H and O–H groups in total. The van der Waals surface area contributed by atoms with E-state index in [1.54, 1.807) is 24.3 Å². The zero-order chi connectivity index (χ0) is 17.2. The molecule has 128 valence electrons. The molecule has 0 aliphatic carbocycles. The number of benzene rings is 1.